The number of benzene rings is 1. The lowest BCUT2D eigenvalue weighted by atomic mass is 9.91. The first kappa shape index (κ1) is 15.4. The Morgan fingerprint density at radius 1 is 1.40 bits per heavy atom. The van der Waals surface area contributed by atoms with Gasteiger partial charge in [0, 0.05) is 16.6 Å². The summed E-state index contributed by atoms with van der Waals surface area (Å²) in [6, 6.07) is 4.89. The van der Waals surface area contributed by atoms with Crippen molar-refractivity contribution in [3.63, 3.8) is 0 Å². The molecular weight excluding hydrogens is 269 g/mol. The molecule has 0 saturated heterocycles. The molecule has 20 heavy (non-hydrogen) atoms. The summed E-state index contributed by atoms with van der Waals surface area (Å²) in [6.07, 6.45) is 5.30. The second kappa shape index (κ2) is 7.71. The van der Waals surface area contributed by atoms with Crippen LogP contribution in [0.25, 0.3) is 0 Å². The number of rotatable bonds is 3. The molecule has 0 radical (unpaired) electrons. The van der Waals surface area contributed by atoms with Gasteiger partial charge in [-0.2, -0.15) is 11.8 Å². The smallest absolute Gasteiger partial charge is 0.124 e. The first-order valence-corrected chi connectivity index (χ1v) is 8.33. The molecule has 1 aliphatic rings. The van der Waals surface area contributed by atoms with Gasteiger partial charge in [0.2, 0.25) is 0 Å². The van der Waals surface area contributed by atoms with Crippen LogP contribution in [-0.4, -0.2) is 11.8 Å². The van der Waals surface area contributed by atoms with E-state index in [0.717, 1.165) is 28.0 Å². The van der Waals surface area contributed by atoms with Gasteiger partial charge in [-0.3, -0.25) is 0 Å². The third-order valence-corrected chi connectivity index (χ3v) is 5.14. The molecule has 0 heterocycles. The van der Waals surface area contributed by atoms with Crippen LogP contribution in [0.5, 0.6) is 0 Å². The molecule has 0 amide bonds. The minimum atomic E-state index is -0.230. The largest absolute Gasteiger partial charge is 0.320 e. The molecule has 0 bridgehead atoms. The zero-order valence-electron chi connectivity index (χ0n) is 12.0. The molecular formula is C17H22FNS. The maximum atomic E-state index is 13.3. The molecule has 3 heteroatoms. The molecule has 1 fully saturated rings. The van der Waals surface area contributed by atoms with E-state index in [-0.39, 0.29) is 5.82 Å². The molecule has 1 aromatic rings. The van der Waals surface area contributed by atoms with Gasteiger partial charge in [-0.25, -0.2) is 4.39 Å². The summed E-state index contributed by atoms with van der Waals surface area (Å²) in [6.45, 7) is 2.64. The Morgan fingerprint density at radius 3 is 3.00 bits per heavy atom. The van der Waals surface area contributed by atoms with Crippen molar-refractivity contribution >= 4 is 11.8 Å². The van der Waals surface area contributed by atoms with Crippen LogP contribution >= 0.6 is 11.8 Å². The van der Waals surface area contributed by atoms with Crippen LogP contribution in [0.2, 0.25) is 0 Å². The Bertz CT molecular complexity index is 503. The molecule has 2 unspecified atom stereocenters. The second-order valence-electron chi connectivity index (χ2n) is 5.51. The Balaban J connectivity index is 2.01. The number of halogens is 1. The van der Waals surface area contributed by atoms with E-state index in [9.17, 15) is 4.39 Å². The lowest BCUT2D eigenvalue weighted by molar-refractivity contribution is 0.394. The number of nitrogens with two attached hydrogens (primary N) is 1. The van der Waals surface area contributed by atoms with Gasteiger partial charge in [0.05, 0.1) is 6.54 Å². The monoisotopic (exact) mass is 291 g/mol. The van der Waals surface area contributed by atoms with Crippen LogP contribution < -0.4 is 5.73 Å². The van der Waals surface area contributed by atoms with Crippen molar-refractivity contribution < 1.29 is 4.39 Å². The Labute approximate surface area is 125 Å². The van der Waals surface area contributed by atoms with Crippen molar-refractivity contribution in [3.05, 3.63) is 35.1 Å². The summed E-state index contributed by atoms with van der Waals surface area (Å²) in [5, 5.41) is 0.735. The minimum Gasteiger partial charge on any atom is -0.320 e. The molecule has 1 saturated carbocycles. The summed E-state index contributed by atoms with van der Waals surface area (Å²) >= 11 is 1.99. The SMILES string of the molecule is CC1CCCC(SCc2ccc(F)cc2C#CCN)C1. The van der Waals surface area contributed by atoms with E-state index in [1.807, 2.05) is 17.8 Å². The van der Waals surface area contributed by atoms with Crippen molar-refractivity contribution in [1.29, 1.82) is 0 Å². The minimum absolute atomic E-state index is 0.230. The predicted octanol–water partition coefficient (Wildman–Crippen LogP) is 3.95. The van der Waals surface area contributed by atoms with Crippen LogP contribution in [-0.2, 0) is 5.75 Å². The first-order valence-electron chi connectivity index (χ1n) is 7.28. The van der Waals surface area contributed by atoms with Crippen LogP contribution in [0, 0.1) is 23.6 Å². The van der Waals surface area contributed by atoms with Gasteiger partial charge in [-0.05, 0) is 36.5 Å². The average molecular weight is 291 g/mol. The zero-order valence-corrected chi connectivity index (χ0v) is 12.8. The highest BCUT2D eigenvalue weighted by Gasteiger charge is 2.19. The van der Waals surface area contributed by atoms with Crippen molar-refractivity contribution in [1.82, 2.24) is 0 Å². The molecule has 0 spiro atoms. The molecule has 0 aliphatic heterocycles. The lowest BCUT2D eigenvalue weighted by Gasteiger charge is -2.26. The third kappa shape index (κ3) is 4.54. The Kier molecular flexibility index (Phi) is 5.94. The summed E-state index contributed by atoms with van der Waals surface area (Å²) in [5.41, 5.74) is 7.30. The van der Waals surface area contributed by atoms with E-state index in [4.69, 9.17) is 5.73 Å². The Hall–Kier alpha value is -0.980. The van der Waals surface area contributed by atoms with E-state index in [0.29, 0.717) is 6.54 Å². The van der Waals surface area contributed by atoms with E-state index in [1.54, 1.807) is 0 Å². The molecule has 108 valence electrons. The maximum Gasteiger partial charge on any atom is 0.124 e. The number of thioether (sulfide) groups is 1. The zero-order chi connectivity index (χ0) is 14.4. The van der Waals surface area contributed by atoms with Crippen molar-refractivity contribution in [2.75, 3.05) is 6.54 Å². The van der Waals surface area contributed by atoms with Gasteiger partial charge in [-0.15, -0.1) is 0 Å². The van der Waals surface area contributed by atoms with Gasteiger partial charge in [0.1, 0.15) is 5.82 Å². The summed E-state index contributed by atoms with van der Waals surface area (Å²) in [4.78, 5) is 0. The first-order chi connectivity index (χ1) is 9.69. The predicted molar refractivity (Wildman–Crippen MR) is 85.0 cm³/mol. The van der Waals surface area contributed by atoms with Gasteiger partial charge in [0.15, 0.2) is 0 Å². The average Bonchev–Trinajstić information content (AvgIpc) is 2.44. The second-order valence-corrected chi connectivity index (χ2v) is 6.80. The standard InChI is InChI=1S/C17H22FNS/c1-13-4-2-6-17(10-13)20-12-15-7-8-16(18)11-14(15)5-3-9-19/h7-8,11,13,17H,2,4,6,9-10,12,19H2,1H3. The lowest BCUT2D eigenvalue weighted by Crippen LogP contribution is -2.15. The van der Waals surface area contributed by atoms with Gasteiger partial charge < -0.3 is 5.73 Å². The van der Waals surface area contributed by atoms with Crippen molar-refractivity contribution in [2.24, 2.45) is 11.7 Å². The highest BCUT2D eigenvalue weighted by Crippen LogP contribution is 2.34. The van der Waals surface area contributed by atoms with E-state index < -0.39 is 0 Å². The molecule has 2 rings (SSSR count). The fourth-order valence-electron chi connectivity index (χ4n) is 2.67. The number of hydrogen-bond acceptors (Lipinski definition) is 2. The molecule has 1 aliphatic carbocycles. The highest BCUT2D eigenvalue weighted by atomic mass is 32.2. The van der Waals surface area contributed by atoms with E-state index in [2.05, 4.69) is 18.8 Å². The summed E-state index contributed by atoms with van der Waals surface area (Å²) < 4.78 is 13.3. The van der Waals surface area contributed by atoms with E-state index >= 15 is 0 Å². The molecule has 1 aromatic carbocycles. The summed E-state index contributed by atoms with van der Waals surface area (Å²) in [7, 11) is 0. The maximum absolute atomic E-state index is 13.3. The highest BCUT2D eigenvalue weighted by molar-refractivity contribution is 7.99. The quantitative estimate of drug-likeness (QED) is 0.853. The number of hydrogen-bond donors (Lipinski definition) is 1. The fourth-order valence-corrected chi connectivity index (χ4v) is 4.14. The normalized spacial score (nSPS) is 22.1. The Morgan fingerprint density at radius 2 is 2.25 bits per heavy atom. The van der Waals surface area contributed by atoms with Gasteiger partial charge in [0.25, 0.3) is 0 Å². The molecule has 0 aromatic heterocycles. The molecule has 2 atom stereocenters. The van der Waals surface area contributed by atoms with Crippen molar-refractivity contribution in [3.8, 4) is 11.8 Å². The van der Waals surface area contributed by atoms with Crippen LogP contribution in [0.15, 0.2) is 18.2 Å². The van der Waals surface area contributed by atoms with Crippen LogP contribution in [0.3, 0.4) is 0 Å². The summed E-state index contributed by atoms with van der Waals surface area (Å²) in [5.74, 6) is 7.32. The topological polar surface area (TPSA) is 26.0 Å². The fraction of sp³-hybridized carbons (Fsp3) is 0.529. The molecule has 1 nitrogen and oxygen atoms in total. The van der Waals surface area contributed by atoms with Crippen molar-refractivity contribution in [2.45, 2.75) is 43.6 Å². The van der Waals surface area contributed by atoms with E-state index in [1.165, 1.54) is 37.8 Å². The van der Waals surface area contributed by atoms with Crippen LogP contribution in [0.4, 0.5) is 4.39 Å². The van der Waals surface area contributed by atoms with Crippen LogP contribution in [0.1, 0.15) is 43.7 Å². The third-order valence-electron chi connectivity index (χ3n) is 3.76. The van der Waals surface area contributed by atoms with Gasteiger partial charge in [-0.1, -0.05) is 37.7 Å². The van der Waals surface area contributed by atoms with Gasteiger partial charge >= 0.3 is 0 Å². The molecule has 2 N–H and O–H groups in total.